The highest BCUT2D eigenvalue weighted by atomic mass is 16.8. The summed E-state index contributed by atoms with van der Waals surface area (Å²) in [5.74, 6) is -7.04. The van der Waals surface area contributed by atoms with E-state index < -0.39 is 136 Å². The number of rotatable bonds is 13. The minimum absolute atomic E-state index is 0.490. The number of carboxylic acids is 1. The van der Waals surface area contributed by atoms with Crippen LogP contribution in [0.5, 0.6) is 0 Å². The molecule has 0 saturated carbocycles. The van der Waals surface area contributed by atoms with Crippen molar-refractivity contribution in [1.29, 1.82) is 5.41 Å². The summed E-state index contributed by atoms with van der Waals surface area (Å²) >= 11 is 0. The monoisotopic (exact) mass is 631 g/mol. The molecular weight excluding hydrogens is 590 g/mol. The fraction of sp³-hybridized carbons (Fsp3) is 0.917. The van der Waals surface area contributed by atoms with Gasteiger partial charge < -0.3 is 84.6 Å². The van der Waals surface area contributed by atoms with E-state index in [1.807, 2.05) is 0 Å². The molecule has 3 fully saturated rings. The smallest absolute Gasteiger partial charge is 0.364 e. The van der Waals surface area contributed by atoms with E-state index in [0.29, 0.717) is 6.40 Å². The Kier molecular flexibility index (Phi) is 12.6. The van der Waals surface area contributed by atoms with Gasteiger partial charge in [0.15, 0.2) is 19.0 Å². The molecule has 3 aliphatic heterocycles. The summed E-state index contributed by atoms with van der Waals surface area (Å²) in [5.41, 5.74) is 0. The Morgan fingerprint density at radius 1 is 1.00 bits per heavy atom. The first kappa shape index (κ1) is 35.8. The zero-order valence-corrected chi connectivity index (χ0v) is 23.1. The van der Waals surface area contributed by atoms with Crippen molar-refractivity contribution in [3.63, 3.8) is 0 Å². The minimum atomic E-state index is -2.93. The molecule has 0 aliphatic carbocycles. The summed E-state index contributed by atoms with van der Waals surface area (Å²) in [6.07, 6.45) is -23.0. The quantitative estimate of drug-likeness (QED) is 0.0664. The molecule has 19 heteroatoms. The molecule has 3 saturated heterocycles. The number of nitrogens with one attached hydrogen (secondary N) is 1. The van der Waals surface area contributed by atoms with Gasteiger partial charge in [-0.2, -0.15) is 0 Å². The number of aliphatic hydroxyl groups is 10. The Balaban J connectivity index is 1.93. The van der Waals surface area contributed by atoms with Crippen LogP contribution in [0.4, 0.5) is 0 Å². The summed E-state index contributed by atoms with van der Waals surface area (Å²) in [6.45, 7) is -1.74. The van der Waals surface area contributed by atoms with E-state index in [0.717, 1.165) is 0 Å². The highest BCUT2D eigenvalue weighted by Crippen LogP contribution is 2.40. The van der Waals surface area contributed by atoms with Crippen LogP contribution in [0, 0.1) is 17.2 Å². The number of ether oxygens (including phenoxy) is 6. The van der Waals surface area contributed by atoms with Crippen LogP contribution in [0.2, 0.25) is 0 Å². The lowest BCUT2D eigenvalue weighted by atomic mass is 9.83. The molecule has 0 aromatic heterocycles. The molecule has 250 valence electrons. The van der Waals surface area contributed by atoms with Gasteiger partial charge in [0.05, 0.1) is 44.7 Å². The van der Waals surface area contributed by atoms with Crippen molar-refractivity contribution in [3.8, 4) is 0 Å². The first-order valence-electron chi connectivity index (χ1n) is 13.5. The summed E-state index contributed by atoms with van der Waals surface area (Å²) in [4.78, 5) is 12.6. The zero-order chi connectivity index (χ0) is 32.2. The minimum Gasteiger partial charge on any atom is -0.483 e. The average molecular weight is 632 g/mol. The number of aliphatic hydroxyl groups excluding tert-OH is 10. The molecular formula is C24H41NO18. The molecule has 0 radical (unpaired) electrons. The van der Waals surface area contributed by atoms with Crippen LogP contribution in [0.25, 0.3) is 0 Å². The van der Waals surface area contributed by atoms with Gasteiger partial charge in [-0.15, -0.1) is 0 Å². The van der Waals surface area contributed by atoms with E-state index in [2.05, 4.69) is 0 Å². The Hall–Kier alpha value is -1.66. The van der Waals surface area contributed by atoms with Gasteiger partial charge in [0, 0.05) is 18.3 Å². The molecule has 12 N–H and O–H groups in total. The lowest BCUT2D eigenvalue weighted by Gasteiger charge is -2.50. The van der Waals surface area contributed by atoms with E-state index in [4.69, 9.17) is 33.8 Å². The highest BCUT2D eigenvalue weighted by Gasteiger charge is 2.59. The largest absolute Gasteiger partial charge is 0.483 e. The topological polar surface area (TPSA) is 319 Å². The van der Waals surface area contributed by atoms with Crippen LogP contribution in [-0.4, -0.2) is 180 Å². The number of hydrogen-bond donors (Lipinski definition) is 12. The highest BCUT2D eigenvalue weighted by molar-refractivity contribution is 5.76. The standard InChI is InChI=1S/C24H41NO18/c1-8-14(31)19(13(5-28)39-21(8)35)41-22-17(34)20(16(33)12(4-27)40-22)43-24(23(36)37)2-10(29)9(6-38-7-25)18(42-24)15(32)11(30)3-26/h7-22,25-35H,2-6H2,1H3,(H,36,37). The Bertz CT molecular complexity index is 913. The number of carbonyl (C=O) groups is 1. The van der Waals surface area contributed by atoms with E-state index >= 15 is 0 Å². The molecule has 3 aliphatic rings. The molecule has 0 aromatic carbocycles. The second kappa shape index (κ2) is 15.1. The molecule has 3 rings (SSSR count). The molecule has 0 bridgehead atoms. The van der Waals surface area contributed by atoms with Gasteiger partial charge in [0.25, 0.3) is 5.79 Å². The van der Waals surface area contributed by atoms with Gasteiger partial charge in [0.2, 0.25) is 0 Å². The van der Waals surface area contributed by atoms with Crippen LogP contribution < -0.4 is 0 Å². The molecule has 43 heavy (non-hydrogen) atoms. The SMILES string of the molecule is CC1C(O)OC(CO)C(OC2OC(CO)C(O)C(OC3(C(=O)O)CC(O)C(COC=N)C(C(O)C(O)CO)O3)C2O)C1O. The molecule has 16 unspecified atom stereocenters. The maximum absolute atomic E-state index is 12.6. The molecule has 3 heterocycles. The Morgan fingerprint density at radius 2 is 1.65 bits per heavy atom. The van der Waals surface area contributed by atoms with Crippen LogP contribution in [0.1, 0.15) is 13.3 Å². The van der Waals surface area contributed by atoms with Gasteiger partial charge in [-0.05, 0) is 0 Å². The number of aliphatic carboxylic acids is 1. The first-order chi connectivity index (χ1) is 20.3. The lowest BCUT2D eigenvalue weighted by Crippen LogP contribution is -2.68. The van der Waals surface area contributed by atoms with Crippen molar-refractivity contribution >= 4 is 12.4 Å². The maximum atomic E-state index is 12.6. The van der Waals surface area contributed by atoms with Crippen LogP contribution >= 0.6 is 0 Å². The predicted molar refractivity (Wildman–Crippen MR) is 134 cm³/mol. The van der Waals surface area contributed by atoms with Crippen molar-refractivity contribution in [3.05, 3.63) is 0 Å². The Labute approximate surface area is 244 Å². The van der Waals surface area contributed by atoms with Crippen molar-refractivity contribution in [2.24, 2.45) is 11.8 Å². The fourth-order valence-corrected chi connectivity index (χ4v) is 5.34. The summed E-state index contributed by atoms with van der Waals surface area (Å²) in [6, 6.07) is 0. The van der Waals surface area contributed by atoms with E-state index in [9.17, 15) is 61.0 Å². The van der Waals surface area contributed by atoms with E-state index in [-0.39, 0.29) is 0 Å². The summed E-state index contributed by atoms with van der Waals surface area (Å²) in [7, 11) is 0. The van der Waals surface area contributed by atoms with Crippen molar-refractivity contribution < 1.29 is 89.4 Å². The van der Waals surface area contributed by atoms with E-state index in [1.165, 1.54) is 6.92 Å². The molecule has 0 spiro atoms. The van der Waals surface area contributed by atoms with Crippen molar-refractivity contribution in [2.45, 2.75) is 98.9 Å². The molecule has 0 amide bonds. The first-order valence-corrected chi connectivity index (χ1v) is 13.5. The maximum Gasteiger partial charge on any atom is 0.364 e. The molecule has 16 atom stereocenters. The van der Waals surface area contributed by atoms with Gasteiger partial charge in [-0.3, -0.25) is 5.41 Å². The number of hydrogen-bond acceptors (Lipinski definition) is 18. The van der Waals surface area contributed by atoms with Gasteiger partial charge in [0.1, 0.15) is 48.8 Å². The van der Waals surface area contributed by atoms with E-state index in [1.54, 1.807) is 0 Å². The third-order valence-electron chi connectivity index (χ3n) is 7.96. The second-order valence-corrected chi connectivity index (χ2v) is 10.8. The third-order valence-corrected chi connectivity index (χ3v) is 7.96. The summed E-state index contributed by atoms with van der Waals surface area (Å²) in [5, 5.41) is 120. The van der Waals surface area contributed by atoms with Gasteiger partial charge >= 0.3 is 5.97 Å². The van der Waals surface area contributed by atoms with Crippen LogP contribution in [0.3, 0.4) is 0 Å². The molecule has 19 nitrogen and oxygen atoms in total. The normalized spacial score (nSPS) is 45.2. The van der Waals surface area contributed by atoms with Gasteiger partial charge in [-0.1, -0.05) is 6.92 Å². The molecule has 0 aromatic rings. The van der Waals surface area contributed by atoms with Crippen LogP contribution in [0.15, 0.2) is 0 Å². The number of carboxylic acid groups (broad SMARTS) is 1. The van der Waals surface area contributed by atoms with Gasteiger partial charge in [-0.25, -0.2) is 4.79 Å². The lowest BCUT2D eigenvalue weighted by molar-refractivity contribution is -0.386. The second-order valence-electron chi connectivity index (χ2n) is 10.8. The van der Waals surface area contributed by atoms with Crippen molar-refractivity contribution in [1.82, 2.24) is 0 Å². The predicted octanol–water partition coefficient (Wildman–Crippen LogP) is -6.21. The Morgan fingerprint density at radius 3 is 2.21 bits per heavy atom. The fourth-order valence-electron chi connectivity index (χ4n) is 5.34. The average Bonchev–Trinajstić information content (AvgIpc) is 2.98. The third kappa shape index (κ3) is 7.43. The van der Waals surface area contributed by atoms with Crippen LogP contribution in [-0.2, 0) is 33.2 Å². The van der Waals surface area contributed by atoms with Crippen molar-refractivity contribution in [2.75, 3.05) is 26.4 Å². The zero-order valence-electron chi connectivity index (χ0n) is 23.1. The summed E-state index contributed by atoms with van der Waals surface area (Å²) < 4.78 is 32.4.